The van der Waals surface area contributed by atoms with Crippen LogP contribution < -0.4 is 10.6 Å². The van der Waals surface area contributed by atoms with Crippen LogP contribution >= 0.6 is 0 Å². The van der Waals surface area contributed by atoms with Crippen molar-refractivity contribution < 1.29 is 18.8 Å². The zero-order valence-corrected chi connectivity index (χ0v) is 19.7. The summed E-state index contributed by atoms with van der Waals surface area (Å²) < 4.78 is 6.83. The van der Waals surface area contributed by atoms with Gasteiger partial charge in [-0.15, -0.1) is 0 Å². The summed E-state index contributed by atoms with van der Waals surface area (Å²) in [4.78, 5) is 30.5. The highest BCUT2D eigenvalue weighted by Crippen LogP contribution is 2.36. The number of benzene rings is 2. The number of rotatable bonds is 8. The summed E-state index contributed by atoms with van der Waals surface area (Å²) in [5, 5.41) is 6.25. The van der Waals surface area contributed by atoms with E-state index in [4.69, 9.17) is 4.74 Å². The number of esters is 1. The third-order valence-corrected chi connectivity index (χ3v) is 7.17. The number of ether oxygens (including phenoxy) is 1. The molecule has 35 heavy (non-hydrogen) atoms. The molecule has 0 radical (unpaired) electrons. The minimum Gasteiger partial charge on any atom is -0.454 e. The molecular weight excluding hydrogens is 440 g/mol. The van der Waals surface area contributed by atoms with Crippen LogP contribution in [0.25, 0.3) is 0 Å². The summed E-state index contributed by atoms with van der Waals surface area (Å²) >= 11 is 0. The molecule has 2 atom stereocenters. The summed E-state index contributed by atoms with van der Waals surface area (Å²) in [7, 11) is 0. The van der Waals surface area contributed by atoms with E-state index in [1.807, 2.05) is 72.8 Å². The van der Waals surface area contributed by atoms with Crippen LogP contribution in [0.15, 0.2) is 85.1 Å². The van der Waals surface area contributed by atoms with Gasteiger partial charge in [0, 0.05) is 30.6 Å². The fourth-order valence-electron chi connectivity index (χ4n) is 5.34. The molecule has 0 aliphatic carbocycles. The van der Waals surface area contributed by atoms with Gasteiger partial charge in [0.1, 0.15) is 12.4 Å². The molecule has 1 aromatic heterocycles. The maximum atomic E-state index is 13.5. The van der Waals surface area contributed by atoms with Gasteiger partial charge in [0.05, 0.1) is 13.1 Å². The molecule has 180 valence electrons. The number of nitrogens with one attached hydrogen (secondary N) is 2. The van der Waals surface area contributed by atoms with Gasteiger partial charge in [0.2, 0.25) is 0 Å². The number of carbonyl (C=O) groups excluding carboxylic acids is 2. The van der Waals surface area contributed by atoms with Crippen LogP contribution in [0, 0.1) is 5.92 Å². The maximum absolute atomic E-state index is 13.5. The predicted molar refractivity (Wildman–Crippen MR) is 134 cm³/mol. The second-order valence-electron chi connectivity index (χ2n) is 9.56. The first-order valence-corrected chi connectivity index (χ1v) is 12.2. The van der Waals surface area contributed by atoms with Crippen molar-refractivity contribution in [1.82, 2.24) is 4.98 Å². The van der Waals surface area contributed by atoms with Gasteiger partial charge < -0.3 is 19.9 Å². The average molecular weight is 472 g/mol. The Morgan fingerprint density at radius 3 is 2.31 bits per heavy atom. The molecule has 1 amide bonds. The Morgan fingerprint density at radius 2 is 1.63 bits per heavy atom. The smallest absolute Gasteiger partial charge is 0.333 e. The van der Waals surface area contributed by atoms with E-state index in [-0.39, 0.29) is 18.0 Å². The summed E-state index contributed by atoms with van der Waals surface area (Å²) in [5.41, 5.74) is 1.73. The number of amides is 1. The second kappa shape index (κ2) is 10.3. The monoisotopic (exact) mass is 471 g/mol. The van der Waals surface area contributed by atoms with Crippen molar-refractivity contribution in [2.75, 3.05) is 36.8 Å². The molecule has 3 aliphatic rings. The van der Waals surface area contributed by atoms with E-state index in [0.717, 1.165) is 37.2 Å². The minimum atomic E-state index is -0.602. The van der Waals surface area contributed by atoms with E-state index >= 15 is 0 Å². The SMILES string of the molecule is O=C(C[N+]12CCC(CC1)C(OC(=O)C(Nc1ccccc1)c1ccccc1)C2)Nc1ccccn1. The van der Waals surface area contributed by atoms with Crippen LogP contribution in [-0.4, -0.2) is 53.6 Å². The van der Waals surface area contributed by atoms with Gasteiger partial charge in [-0.05, 0) is 29.8 Å². The molecule has 2 aromatic carbocycles. The van der Waals surface area contributed by atoms with Crippen LogP contribution in [0.2, 0.25) is 0 Å². The summed E-state index contributed by atoms with van der Waals surface area (Å²) in [6, 6.07) is 24.2. The average Bonchev–Trinajstić information content (AvgIpc) is 2.89. The highest BCUT2D eigenvalue weighted by atomic mass is 16.5. The molecule has 2 unspecified atom stereocenters. The molecule has 7 nitrogen and oxygen atoms in total. The van der Waals surface area contributed by atoms with Crippen LogP contribution in [0.5, 0.6) is 0 Å². The predicted octanol–water partition coefficient (Wildman–Crippen LogP) is 4.03. The van der Waals surface area contributed by atoms with Gasteiger partial charge in [-0.3, -0.25) is 4.79 Å². The van der Waals surface area contributed by atoms with Crippen molar-refractivity contribution in [2.45, 2.75) is 25.0 Å². The second-order valence-corrected chi connectivity index (χ2v) is 9.56. The number of quaternary nitrogens is 1. The van der Waals surface area contributed by atoms with Gasteiger partial charge in [0.15, 0.2) is 18.7 Å². The highest BCUT2D eigenvalue weighted by Gasteiger charge is 2.49. The first-order chi connectivity index (χ1) is 17.1. The minimum absolute atomic E-state index is 0.0537. The molecular formula is C28H31N4O3+. The van der Waals surface area contributed by atoms with Crippen molar-refractivity contribution >= 4 is 23.4 Å². The number of aromatic nitrogens is 1. The van der Waals surface area contributed by atoms with Crippen molar-refractivity contribution in [1.29, 1.82) is 0 Å². The fourth-order valence-corrected chi connectivity index (χ4v) is 5.34. The van der Waals surface area contributed by atoms with Crippen molar-refractivity contribution in [2.24, 2.45) is 5.92 Å². The standard InChI is InChI=1S/C28H30N4O3/c33-26(31-25-13-7-8-16-29-25)20-32-17-14-21(15-18-32)24(19-32)35-28(34)27(22-9-3-1-4-10-22)30-23-11-5-2-6-12-23/h1-13,16,21,24,27,30H,14-15,17-20H2/p+1. The summed E-state index contributed by atoms with van der Waals surface area (Å²) in [6.45, 7) is 2.89. The van der Waals surface area contributed by atoms with E-state index in [2.05, 4.69) is 15.6 Å². The zero-order valence-electron chi connectivity index (χ0n) is 19.7. The van der Waals surface area contributed by atoms with Crippen molar-refractivity contribution in [3.63, 3.8) is 0 Å². The number of pyridine rings is 1. The largest absolute Gasteiger partial charge is 0.454 e. The Balaban J connectivity index is 1.27. The van der Waals surface area contributed by atoms with Gasteiger partial charge in [-0.2, -0.15) is 0 Å². The summed E-state index contributed by atoms with van der Waals surface area (Å²) in [6.07, 6.45) is 3.38. The molecule has 3 saturated heterocycles. The van der Waals surface area contributed by atoms with Crippen molar-refractivity contribution in [3.05, 3.63) is 90.6 Å². The first-order valence-electron chi connectivity index (χ1n) is 12.2. The third-order valence-electron chi connectivity index (χ3n) is 7.17. The lowest BCUT2D eigenvalue weighted by Crippen LogP contribution is -2.66. The Kier molecular flexibility index (Phi) is 6.77. The number of fused-ring (bicyclic) bond motifs is 3. The van der Waals surface area contributed by atoms with E-state index in [1.54, 1.807) is 12.3 Å². The quantitative estimate of drug-likeness (QED) is 0.383. The van der Waals surface area contributed by atoms with Gasteiger partial charge in [-0.25, -0.2) is 9.78 Å². The topological polar surface area (TPSA) is 80.3 Å². The molecule has 0 saturated carbocycles. The summed E-state index contributed by atoms with van der Waals surface area (Å²) in [5.74, 6) is 0.561. The number of nitrogens with zero attached hydrogens (tertiary/aromatic N) is 2. The Bertz CT molecular complexity index is 1130. The zero-order chi connectivity index (χ0) is 24.1. The number of piperidine rings is 3. The number of para-hydroxylation sites is 1. The lowest BCUT2D eigenvalue weighted by atomic mass is 9.83. The number of anilines is 2. The highest BCUT2D eigenvalue weighted by molar-refractivity contribution is 5.90. The molecule has 0 spiro atoms. The number of carbonyl (C=O) groups is 2. The molecule has 4 heterocycles. The third kappa shape index (κ3) is 5.52. The molecule has 2 bridgehead atoms. The molecule has 2 N–H and O–H groups in total. The van der Waals surface area contributed by atoms with Crippen LogP contribution in [0.3, 0.4) is 0 Å². The van der Waals surface area contributed by atoms with Gasteiger partial charge in [-0.1, -0.05) is 54.6 Å². The van der Waals surface area contributed by atoms with Crippen molar-refractivity contribution in [3.8, 4) is 0 Å². The van der Waals surface area contributed by atoms with E-state index in [0.29, 0.717) is 29.3 Å². The lowest BCUT2D eigenvalue weighted by molar-refractivity contribution is -0.938. The number of hydrogen-bond acceptors (Lipinski definition) is 5. The first kappa shape index (κ1) is 23.1. The van der Waals surface area contributed by atoms with E-state index in [9.17, 15) is 9.59 Å². The van der Waals surface area contributed by atoms with E-state index < -0.39 is 6.04 Å². The van der Waals surface area contributed by atoms with Crippen LogP contribution in [0.4, 0.5) is 11.5 Å². The van der Waals surface area contributed by atoms with Crippen LogP contribution in [0.1, 0.15) is 24.4 Å². The van der Waals surface area contributed by atoms with E-state index in [1.165, 1.54) is 0 Å². The number of hydrogen-bond donors (Lipinski definition) is 2. The Morgan fingerprint density at radius 1 is 0.943 bits per heavy atom. The Hall–Kier alpha value is -3.71. The molecule has 6 rings (SSSR count). The molecule has 3 aromatic rings. The van der Waals surface area contributed by atoms with Crippen LogP contribution in [-0.2, 0) is 14.3 Å². The fraction of sp³-hybridized carbons (Fsp3) is 0.321. The molecule has 3 fully saturated rings. The molecule has 3 aliphatic heterocycles. The normalized spacial score (nSPS) is 23.8. The maximum Gasteiger partial charge on any atom is 0.333 e. The van der Waals surface area contributed by atoms with Gasteiger partial charge >= 0.3 is 5.97 Å². The lowest BCUT2D eigenvalue weighted by Gasteiger charge is -2.51. The van der Waals surface area contributed by atoms with Gasteiger partial charge in [0.25, 0.3) is 5.91 Å². The molecule has 7 heteroatoms. The Labute approximate surface area is 205 Å².